The van der Waals surface area contributed by atoms with Crippen molar-refractivity contribution in [1.82, 2.24) is 0 Å². The number of aryl methyl sites for hydroxylation is 1. The van der Waals surface area contributed by atoms with Gasteiger partial charge in [0, 0.05) is 5.69 Å². The van der Waals surface area contributed by atoms with E-state index in [-0.39, 0.29) is 18.2 Å². The van der Waals surface area contributed by atoms with Gasteiger partial charge in [0.2, 0.25) is 5.91 Å². The van der Waals surface area contributed by atoms with Gasteiger partial charge in [0.15, 0.2) is 0 Å². The number of fused-ring (bicyclic) bond motifs is 1. The first-order valence-electron chi connectivity index (χ1n) is 8.35. The van der Waals surface area contributed by atoms with E-state index in [2.05, 4.69) is 5.32 Å². The number of aliphatic carboxylic acids is 1. The Labute approximate surface area is 146 Å². The van der Waals surface area contributed by atoms with Crippen LogP contribution in [-0.4, -0.2) is 24.1 Å². The smallest absolute Gasteiger partial charge is 0.307 e. The van der Waals surface area contributed by atoms with E-state index in [1.807, 2.05) is 18.2 Å². The van der Waals surface area contributed by atoms with Crippen LogP contribution in [-0.2, 0) is 22.4 Å². The van der Waals surface area contributed by atoms with Crippen molar-refractivity contribution in [1.29, 1.82) is 0 Å². The summed E-state index contributed by atoms with van der Waals surface area (Å²) in [5, 5.41) is 11.8. The average Bonchev–Trinajstić information content (AvgIpc) is 2.62. The minimum absolute atomic E-state index is 0.0238. The molecule has 2 aromatic carbocycles. The molecular formula is C20H21NO4. The molecule has 0 aliphatic heterocycles. The van der Waals surface area contributed by atoms with E-state index >= 15 is 0 Å². The summed E-state index contributed by atoms with van der Waals surface area (Å²) in [6.45, 7) is 0. The first-order valence-corrected chi connectivity index (χ1v) is 8.35. The normalized spacial score (nSPS) is 16.0. The summed E-state index contributed by atoms with van der Waals surface area (Å²) in [6, 6.07) is 12.9. The van der Waals surface area contributed by atoms with Gasteiger partial charge in [-0.2, -0.15) is 0 Å². The first kappa shape index (κ1) is 17.0. The molecule has 130 valence electrons. The van der Waals surface area contributed by atoms with Gasteiger partial charge in [0.05, 0.1) is 19.4 Å². The molecule has 2 aromatic rings. The Morgan fingerprint density at radius 3 is 2.64 bits per heavy atom. The molecule has 1 unspecified atom stereocenters. The number of hydrogen-bond acceptors (Lipinski definition) is 3. The van der Waals surface area contributed by atoms with Crippen LogP contribution in [0.4, 0.5) is 5.69 Å². The van der Waals surface area contributed by atoms with Gasteiger partial charge in [-0.05, 0) is 60.2 Å². The molecule has 0 spiro atoms. The van der Waals surface area contributed by atoms with Gasteiger partial charge in [-0.25, -0.2) is 0 Å². The Hall–Kier alpha value is -2.82. The Kier molecular flexibility index (Phi) is 5.03. The van der Waals surface area contributed by atoms with Crippen molar-refractivity contribution in [3.05, 3.63) is 59.2 Å². The van der Waals surface area contributed by atoms with Gasteiger partial charge in [-0.3, -0.25) is 9.59 Å². The molecule has 5 nitrogen and oxygen atoms in total. The zero-order valence-electron chi connectivity index (χ0n) is 14.1. The number of benzene rings is 2. The standard InChI is InChI=1S/C20H21NO4/c1-25-16-10-7-14-3-2-4-17(18(14)12-16)20(24)21-15-8-5-13(6-9-15)11-19(22)23/h5-10,12,17H,2-4,11H2,1H3,(H,21,24)(H,22,23). The number of carboxylic acid groups (broad SMARTS) is 1. The number of anilines is 1. The summed E-state index contributed by atoms with van der Waals surface area (Å²) in [5.74, 6) is -0.348. The molecular weight excluding hydrogens is 318 g/mol. The second-order valence-electron chi connectivity index (χ2n) is 6.27. The molecule has 25 heavy (non-hydrogen) atoms. The number of rotatable bonds is 5. The molecule has 1 aliphatic carbocycles. The monoisotopic (exact) mass is 339 g/mol. The van der Waals surface area contributed by atoms with E-state index in [4.69, 9.17) is 9.84 Å². The molecule has 1 amide bonds. The second kappa shape index (κ2) is 7.38. The van der Waals surface area contributed by atoms with Crippen molar-refractivity contribution >= 4 is 17.6 Å². The lowest BCUT2D eigenvalue weighted by molar-refractivity contribution is -0.136. The summed E-state index contributed by atoms with van der Waals surface area (Å²) in [5.41, 5.74) is 3.61. The quantitative estimate of drug-likeness (QED) is 0.875. The SMILES string of the molecule is COc1ccc2c(c1)C(C(=O)Nc1ccc(CC(=O)O)cc1)CCC2. The van der Waals surface area contributed by atoms with Crippen LogP contribution in [0.5, 0.6) is 5.75 Å². The molecule has 0 saturated carbocycles. The van der Waals surface area contributed by atoms with Crippen LogP contribution in [0.3, 0.4) is 0 Å². The molecule has 0 fully saturated rings. The van der Waals surface area contributed by atoms with Crippen molar-refractivity contribution in [2.75, 3.05) is 12.4 Å². The van der Waals surface area contributed by atoms with Crippen LogP contribution in [0.25, 0.3) is 0 Å². The number of methoxy groups -OCH3 is 1. The van der Waals surface area contributed by atoms with E-state index in [0.29, 0.717) is 11.3 Å². The van der Waals surface area contributed by atoms with Crippen molar-refractivity contribution in [2.24, 2.45) is 0 Å². The zero-order chi connectivity index (χ0) is 17.8. The molecule has 0 bridgehead atoms. The van der Waals surface area contributed by atoms with E-state index in [9.17, 15) is 9.59 Å². The maximum absolute atomic E-state index is 12.7. The number of carbonyl (C=O) groups is 2. The van der Waals surface area contributed by atoms with Crippen LogP contribution in [0.2, 0.25) is 0 Å². The number of nitrogens with one attached hydrogen (secondary N) is 1. The third-order valence-electron chi connectivity index (χ3n) is 4.56. The number of hydrogen-bond donors (Lipinski definition) is 2. The first-order chi connectivity index (χ1) is 12.1. The Bertz CT molecular complexity index is 783. The van der Waals surface area contributed by atoms with Gasteiger partial charge in [-0.15, -0.1) is 0 Å². The fourth-order valence-corrected chi connectivity index (χ4v) is 3.29. The van der Waals surface area contributed by atoms with E-state index in [1.54, 1.807) is 31.4 Å². The summed E-state index contributed by atoms with van der Waals surface area (Å²) in [7, 11) is 1.62. The van der Waals surface area contributed by atoms with Gasteiger partial charge in [0.25, 0.3) is 0 Å². The van der Waals surface area contributed by atoms with Gasteiger partial charge in [0.1, 0.15) is 5.75 Å². The Balaban J connectivity index is 1.75. The minimum Gasteiger partial charge on any atom is -0.497 e. The van der Waals surface area contributed by atoms with E-state index in [1.165, 1.54) is 5.56 Å². The third-order valence-corrected chi connectivity index (χ3v) is 4.56. The largest absolute Gasteiger partial charge is 0.497 e. The molecule has 0 saturated heterocycles. The van der Waals surface area contributed by atoms with Gasteiger partial charge >= 0.3 is 5.97 Å². The Morgan fingerprint density at radius 1 is 1.20 bits per heavy atom. The van der Waals surface area contributed by atoms with Crippen LogP contribution in [0.15, 0.2) is 42.5 Å². The molecule has 0 heterocycles. The van der Waals surface area contributed by atoms with Crippen molar-refractivity contribution in [3.63, 3.8) is 0 Å². The maximum atomic E-state index is 12.7. The fraction of sp³-hybridized carbons (Fsp3) is 0.300. The molecule has 1 aliphatic rings. The number of carbonyl (C=O) groups excluding carboxylic acids is 1. The zero-order valence-corrected chi connectivity index (χ0v) is 14.1. The highest BCUT2D eigenvalue weighted by atomic mass is 16.5. The summed E-state index contributed by atoms with van der Waals surface area (Å²) in [6.07, 6.45) is 2.75. The van der Waals surface area contributed by atoms with E-state index in [0.717, 1.165) is 30.6 Å². The molecule has 3 rings (SSSR count). The van der Waals surface area contributed by atoms with Crippen molar-refractivity contribution in [2.45, 2.75) is 31.6 Å². The highest BCUT2D eigenvalue weighted by Gasteiger charge is 2.27. The van der Waals surface area contributed by atoms with Crippen LogP contribution in [0.1, 0.15) is 35.4 Å². The predicted octanol–water partition coefficient (Wildman–Crippen LogP) is 3.38. The lowest BCUT2D eigenvalue weighted by Gasteiger charge is -2.25. The summed E-state index contributed by atoms with van der Waals surface area (Å²) >= 11 is 0. The lowest BCUT2D eigenvalue weighted by atomic mass is 9.82. The Morgan fingerprint density at radius 2 is 1.96 bits per heavy atom. The molecule has 2 N–H and O–H groups in total. The van der Waals surface area contributed by atoms with Crippen LogP contribution in [0, 0.1) is 0 Å². The van der Waals surface area contributed by atoms with Crippen LogP contribution >= 0.6 is 0 Å². The average molecular weight is 339 g/mol. The number of ether oxygens (including phenoxy) is 1. The summed E-state index contributed by atoms with van der Waals surface area (Å²) in [4.78, 5) is 23.5. The second-order valence-corrected chi connectivity index (χ2v) is 6.27. The van der Waals surface area contributed by atoms with E-state index < -0.39 is 5.97 Å². The van der Waals surface area contributed by atoms with Gasteiger partial charge < -0.3 is 15.2 Å². The van der Waals surface area contributed by atoms with Crippen LogP contribution < -0.4 is 10.1 Å². The fourth-order valence-electron chi connectivity index (χ4n) is 3.29. The number of amides is 1. The lowest BCUT2D eigenvalue weighted by Crippen LogP contribution is -2.24. The minimum atomic E-state index is -0.871. The molecule has 5 heteroatoms. The van der Waals surface area contributed by atoms with Crippen molar-refractivity contribution < 1.29 is 19.4 Å². The van der Waals surface area contributed by atoms with Crippen molar-refractivity contribution in [3.8, 4) is 5.75 Å². The molecule has 0 radical (unpaired) electrons. The number of carboxylic acids is 1. The molecule has 1 atom stereocenters. The highest BCUT2D eigenvalue weighted by Crippen LogP contribution is 2.34. The predicted molar refractivity (Wildman–Crippen MR) is 95.1 cm³/mol. The highest BCUT2D eigenvalue weighted by molar-refractivity contribution is 5.96. The van der Waals surface area contributed by atoms with Gasteiger partial charge in [-0.1, -0.05) is 18.2 Å². The topological polar surface area (TPSA) is 75.6 Å². The third kappa shape index (κ3) is 3.99. The maximum Gasteiger partial charge on any atom is 0.307 e. The molecule has 0 aromatic heterocycles. The summed E-state index contributed by atoms with van der Waals surface area (Å²) < 4.78 is 5.29.